The van der Waals surface area contributed by atoms with Gasteiger partial charge in [0, 0.05) is 31.6 Å². The normalized spacial score (nSPS) is 10.2. The Morgan fingerprint density at radius 1 is 0.857 bits per heavy atom. The van der Waals surface area contributed by atoms with Crippen LogP contribution in [-0.4, -0.2) is 30.8 Å². The van der Waals surface area contributed by atoms with E-state index in [4.69, 9.17) is 0 Å². The molecule has 0 heterocycles. The van der Waals surface area contributed by atoms with Crippen molar-refractivity contribution in [1.29, 1.82) is 0 Å². The quantitative estimate of drug-likeness (QED) is 0.553. The summed E-state index contributed by atoms with van der Waals surface area (Å²) in [4.78, 5) is 35.9. The molecule has 2 rings (SSSR count). The molecule has 6 heteroatoms. The molecule has 0 radical (unpaired) electrons. The van der Waals surface area contributed by atoms with Crippen LogP contribution in [0.5, 0.6) is 0 Å². The minimum absolute atomic E-state index is 0.0717. The topological polar surface area (TPSA) is 87.3 Å². The third kappa shape index (κ3) is 7.61. The van der Waals surface area contributed by atoms with E-state index in [1.54, 1.807) is 0 Å². The van der Waals surface area contributed by atoms with Crippen molar-refractivity contribution in [3.8, 4) is 0 Å². The molecule has 3 amide bonds. The summed E-state index contributed by atoms with van der Waals surface area (Å²) < 4.78 is 0. The number of carbonyl (C=O) groups is 3. The van der Waals surface area contributed by atoms with Gasteiger partial charge in [-0.25, -0.2) is 4.79 Å². The molecule has 0 spiro atoms. The Balaban J connectivity index is 1.83. The van der Waals surface area contributed by atoms with E-state index in [0.29, 0.717) is 31.6 Å². The van der Waals surface area contributed by atoms with E-state index >= 15 is 0 Å². The van der Waals surface area contributed by atoms with Crippen molar-refractivity contribution in [2.75, 3.05) is 18.4 Å². The number of amides is 3. The molecule has 148 valence electrons. The highest BCUT2D eigenvalue weighted by Crippen LogP contribution is 2.17. The van der Waals surface area contributed by atoms with Gasteiger partial charge < -0.3 is 16.0 Å². The van der Waals surface area contributed by atoms with Gasteiger partial charge in [0.1, 0.15) is 5.78 Å². The highest BCUT2D eigenvalue weighted by molar-refractivity contribution is 5.94. The van der Waals surface area contributed by atoms with Gasteiger partial charge in [0.25, 0.3) is 0 Å². The Morgan fingerprint density at radius 2 is 1.57 bits per heavy atom. The third-order valence-electron chi connectivity index (χ3n) is 4.14. The molecule has 0 atom stereocenters. The zero-order valence-electron chi connectivity index (χ0n) is 16.2. The second kappa shape index (κ2) is 11.5. The molecular weight excluding hydrogens is 354 g/mol. The van der Waals surface area contributed by atoms with Crippen molar-refractivity contribution in [2.45, 2.75) is 32.6 Å². The van der Waals surface area contributed by atoms with Crippen molar-refractivity contribution in [2.24, 2.45) is 0 Å². The van der Waals surface area contributed by atoms with Gasteiger partial charge in [0.05, 0.1) is 6.42 Å². The number of hydrogen-bond donors (Lipinski definition) is 3. The number of rotatable bonds is 10. The summed E-state index contributed by atoms with van der Waals surface area (Å²) in [7, 11) is 0. The Morgan fingerprint density at radius 3 is 2.32 bits per heavy atom. The van der Waals surface area contributed by atoms with E-state index in [-0.39, 0.29) is 30.6 Å². The van der Waals surface area contributed by atoms with Crippen LogP contribution in [0.2, 0.25) is 0 Å². The first-order valence-corrected chi connectivity index (χ1v) is 9.53. The molecule has 0 saturated heterocycles. The smallest absolute Gasteiger partial charge is 0.314 e. The molecule has 3 N–H and O–H groups in total. The van der Waals surface area contributed by atoms with Gasteiger partial charge in [-0.05, 0) is 30.5 Å². The molecule has 0 fully saturated rings. The van der Waals surface area contributed by atoms with Crippen LogP contribution < -0.4 is 16.0 Å². The lowest BCUT2D eigenvalue weighted by atomic mass is 10.0. The summed E-state index contributed by atoms with van der Waals surface area (Å²) in [5, 5.41) is 8.25. The highest BCUT2D eigenvalue weighted by atomic mass is 16.2. The first-order valence-electron chi connectivity index (χ1n) is 9.53. The summed E-state index contributed by atoms with van der Waals surface area (Å²) in [5.74, 6) is -0.0420. The second-order valence-electron chi connectivity index (χ2n) is 6.47. The molecule has 0 aliphatic rings. The maximum Gasteiger partial charge on any atom is 0.314 e. The third-order valence-corrected chi connectivity index (χ3v) is 4.14. The molecule has 0 aliphatic carbocycles. The molecule has 28 heavy (non-hydrogen) atoms. The molecule has 0 bridgehead atoms. The van der Waals surface area contributed by atoms with Gasteiger partial charge in [-0.2, -0.15) is 0 Å². The van der Waals surface area contributed by atoms with Crippen molar-refractivity contribution >= 4 is 23.4 Å². The van der Waals surface area contributed by atoms with Crippen molar-refractivity contribution in [3.05, 3.63) is 65.7 Å². The fraction of sp³-hybridized carbons (Fsp3) is 0.318. The molecule has 2 aromatic carbocycles. The van der Waals surface area contributed by atoms with E-state index in [2.05, 4.69) is 16.0 Å². The maximum absolute atomic E-state index is 12.3. The molecule has 6 nitrogen and oxygen atoms in total. The predicted molar refractivity (Wildman–Crippen MR) is 110 cm³/mol. The van der Waals surface area contributed by atoms with Gasteiger partial charge >= 0.3 is 6.03 Å². The van der Waals surface area contributed by atoms with E-state index in [1.807, 2.05) is 61.5 Å². The van der Waals surface area contributed by atoms with Gasteiger partial charge in [-0.15, -0.1) is 0 Å². The minimum atomic E-state index is -0.221. The average molecular weight is 381 g/mol. The first kappa shape index (κ1) is 21.2. The van der Waals surface area contributed by atoms with Crippen LogP contribution in [0.1, 0.15) is 30.9 Å². The first-order chi connectivity index (χ1) is 13.6. The molecular formula is C22H27N3O3. The van der Waals surface area contributed by atoms with Gasteiger partial charge in [0.15, 0.2) is 0 Å². The molecule has 2 aromatic rings. The molecule has 0 unspecified atom stereocenters. The van der Waals surface area contributed by atoms with Gasteiger partial charge in [-0.3, -0.25) is 9.59 Å². The van der Waals surface area contributed by atoms with Crippen LogP contribution >= 0.6 is 0 Å². The highest BCUT2D eigenvalue weighted by Gasteiger charge is 2.11. The molecule has 0 saturated carbocycles. The number of benzene rings is 2. The standard InChI is InChI=1S/C22H27N3O3/c1-2-23-22(28)24-14-8-12-19(26)16-18-11-6-7-13-20(18)25-21(27)15-17-9-4-3-5-10-17/h3-7,9-11,13H,2,8,12,14-16H2,1H3,(H,25,27)(H2,23,24,28). The van der Waals surface area contributed by atoms with Crippen LogP contribution in [0.15, 0.2) is 54.6 Å². The number of anilines is 1. The van der Waals surface area contributed by atoms with Crippen molar-refractivity contribution in [1.82, 2.24) is 10.6 Å². The number of para-hydroxylation sites is 1. The van der Waals surface area contributed by atoms with Crippen LogP contribution in [0.4, 0.5) is 10.5 Å². The van der Waals surface area contributed by atoms with E-state index in [0.717, 1.165) is 11.1 Å². The van der Waals surface area contributed by atoms with Crippen LogP contribution in [0.3, 0.4) is 0 Å². The van der Waals surface area contributed by atoms with E-state index in [9.17, 15) is 14.4 Å². The Kier molecular flexibility index (Phi) is 8.72. The summed E-state index contributed by atoms with van der Waals surface area (Å²) in [5.41, 5.74) is 2.40. The fourth-order valence-electron chi connectivity index (χ4n) is 2.78. The maximum atomic E-state index is 12.3. The number of carbonyl (C=O) groups excluding carboxylic acids is 3. The summed E-state index contributed by atoms with van der Waals surface area (Å²) in [6, 6.07) is 16.6. The Hall–Kier alpha value is -3.15. The minimum Gasteiger partial charge on any atom is -0.338 e. The second-order valence-corrected chi connectivity index (χ2v) is 6.47. The molecule has 0 aromatic heterocycles. The van der Waals surface area contributed by atoms with E-state index in [1.165, 1.54) is 0 Å². The zero-order chi connectivity index (χ0) is 20.2. The largest absolute Gasteiger partial charge is 0.338 e. The lowest BCUT2D eigenvalue weighted by molar-refractivity contribution is -0.118. The predicted octanol–water partition coefficient (Wildman–Crippen LogP) is 3.08. The number of nitrogens with one attached hydrogen (secondary N) is 3. The lowest BCUT2D eigenvalue weighted by Crippen LogP contribution is -2.35. The Labute approximate surface area is 165 Å². The van der Waals surface area contributed by atoms with Crippen molar-refractivity contribution in [3.63, 3.8) is 0 Å². The van der Waals surface area contributed by atoms with Crippen molar-refractivity contribution < 1.29 is 14.4 Å². The van der Waals surface area contributed by atoms with Crippen LogP contribution in [-0.2, 0) is 22.4 Å². The zero-order valence-corrected chi connectivity index (χ0v) is 16.2. The Bertz CT molecular complexity index is 791. The number of urea groups is 1. The van der Waals surface area contributed by atoms with Crippen LogP contribution in [0.25, 0.3) is 0 Å². The van der Waals surface area contributed by atoms with Gasteiger partial charge in [-0.1, -0.05) is 48.5 Å². The number of Topliss-reactive ketones (excluding diaryl/α,β-unsaturated/α-hetero) is 1. The lowest BCUT2D eigenvalue weighted by Gasteiger charge is -2.11. The fourth-order valence-corrected chi connectivity index (χ4v) is 2.78. The SMILES string of the molecule is CCNC(=O)NCCCC(=O)Cc1ccccc1NC(=O)Cc1ccccc1. The van der Waals surface area contributed by atoms with Crippen LogP contribution in [0, 0.1) is 0 Å². The number of hydrogen-bond acceptors (Lipinski definition) is 3. The van der Waals surface area contributed by atoms with E-state index < -0.39 is 0 Å². The monoisotopic (exact) mass is 381 g/mol. The molecule has 0 aliphatic heterocycles. The summed E-state index contributed by atoms with van der Waals surface area (Å²) in [6.45, 7) is 2.86. The van der Waals surface area contributed by atoms with Gasteiger partial charge in [0.2, 0.25) is 5.91 Å². The summed E-state index contributed by atoms with van der Waals surface area (Å²) >= 11 is 0. The average Bonchev–Trinajstić information content (AvgIpc) is 2.68. The number of ketones is 1. The summed E-state index contributed by atoms with van der Waals surface area (Å²) in [6.07, 6.45) is 1.49.